The van der Waals surface area contributed by atoms with Crippen LogP contribution in [0, 0.1) is 11.7 Å². The summed E-state index contributed by atoms with van der Waals surface area (Å²) in [4.78, 5) is 15.6. The minimum atomic E-state index is -0.477. The topological polar surface area (TPSA) is 42.0 Å². The molecule has 0 aliphatic heterocycles. The Morgan fingerprint density at radius 3 is 2.65 bits per heavy atom. The molecule has 1 fully saturated rings. The van der Waals surface area contributed by atoms with Crippen molar-refractivity contribution in [1.29, 1.82) is 0 Å². The van der Waals surface area contributed by atoms with Gasteiger partial charge in [-0.05, 0) is 18.9 Å². The highest BCUT2D eigenvalue weighted by Crippen LogP contribution is 2.24. The second kappa shape index (κ2) is 5.75. The lowest BCUT2D eigenvalue weighted by Crippen LogP contribution is -2.22. The zero-order valence-electron chi connectivity index (χ0n) is 9.79. The molecule has 0 aromatic carbocycles. The van der Waals surface area contributed by atoms with Crippen molar-refractivity contribution < 1.29 is 9.18 Å². The molecule has 2 rings (SSSR count). The van der Waals surface area contributed by atoms with Crippen LogP contribution < -0.4 is 5.32 Å². The number of anilines is 1. The lowest BCUT2D eigenvalue weighted by Gasteiger charge is -2.14. The van der Waals surface area contributed by atoms with Crippen molar-refractivity contribution >= 4 is 11.6 Å². The van der Waals surface area contributed by atoms with Crippen LogP contribution in [0.25, 0.3) is 0 Å². The zero-order chi connectivity index (χ0) is 12.1. The Kier molecular flexibility index (Phi) is 4.07. The zero-order valence-corrected chi connectivity index (χ0v) is 9.79. The molecule has 0 atom stereocenters. The second-order valence-corrected chi connectivity index (χ2v) is 4.53. The molecule has 3 nitrogen and oxygen atoms in total. The predicted molar refractivity (Wildman–Crippen MR) is 64.0 cm³/mol. The van der Waals surface area contributed by atoms with Crippen LogP contribution in [0.2, 0.25) is 0 Å². The highest BCUT2D eigenvalue weighted by molar-refractivity contribution is 5.92. The van der Waals surface area contributed by atoms with Crippen molar-refractivity contribution in [1.82, 2.24) is 4.98 Å². The first-order valence-electron chi connectivity index (χ1n) is 6.18. The number of hydrogen-bond acceptors (Lipinski definition) is 2. The van der Waals surface area contributed by atoms with Gasteiger partial charge in [-0.25, -0.2) is 4.39 Å². The largest absolute Gasteiger partial charge is 0.323 e. The maximum Gasteiger partial charge on any atom is 0.227 e. The third-order valence-corrected chi connectivity index (χ3v) is 3.26. The number of nitrogens with one attached hydrogen (secondary N) is 1. The molecular weight excluding hydrogens is 219 g/mol. The summed E-state index contributed by atoms with van der Waals surface area (Å²) in [7, 11) is 0. The van der Waals surface area contributed by atoms with Gasteiger partial charge in [0.15, 0.2) is 5.82 Å². The van der Waals surface area contributed by atoms with Gasteiger partial charge in [-0.2, -0.15) is 0 Å². The summed E-state index contributed by atoms with van der Waals surface area (Å²) in [6.45, 7) is 0. The molecule has 1 aromatic rings. The summed E-state index contributed by atoms with van der Waals surface area (Å²) < 4.78 is 13.3. The fourth-order valence-corrected chi connectivity index (χ4v) is 2.25. The van der Waals surface area contributed by atoms with E-state index in [9.17, 15) is 9.18 Å². The number of rotatable bonds is 2. The molecule has 1 amide bonds. The van der Waals surface area contributed by atoms with Gasteiger partial charge in [0.25, 0.3) is 0 Å². The van der Waals surface area contributed by atoms with Crippen LogP contribution in [0.4, 0.5) is 10.1 Å². The SMILES string of the molecule is O=C(Nc1ccncc1F)C1CCCCCC1. The van der Waals surface area contributed by atoms with E-state index in [1.54, 1.807) is 0 Å². The Labute approximate surface area is 100 Å². The van der Waals surface area contributed by atoms with E-state index in [2.05, 4.69) is 10.3 Å². The molecule has 17 heavy (non-hydrogen) atoms. The monoisotopic (exact) mass is 236 g/mol. The quantitative estimate of drug-likeness (QED) is 0.801. The number of carbonyl (C=O) groups is 1. The smallest absolute Gasteiger partial charge is 0.227 e. The number of aromatic nitrogens is 1. The average molecular weight is 236 g/mol. The summed E-state index contributed by atoms with van der Waals surface area (Å²) in [5.41, 5.74) is 0.231. The molecule has 1 aromatic heterocycles. The lowest BCUT2D eigenvalue weighted by atomic mass is 9.99. The highest BCUT2D eigenvalue weighted by atomic mass is 19.1. The minimum absolute atomic E-state index is 0.0325. The summed E-state index contributed by atoms with van der Waals surface area (Å²) >= 11 is 0. The Morgan fingerprint density at radius 2 is 2.00 bits per heavy atom. The number of amides is 1. The summed E-state index contributed by atoms with van der Waals surface area (Å²) in [5.74, 6) is -0.503. The Bertz CT molecular complexity index is 387. The van der Waals surface area contributed by atoms with E-state index in [-0.39, 0.29) is 17.5 Å². The van der Waals surface area contributed by atoms with Crippen LogP contribution >= 0.6 is 0 Å². The van der Waals surface area contributed by atoms with Gasteiger partial charge in [-0.3, -0.25) is 9.78 Å². The average Bonchev–Trinajstić information content (AvgIpc) is 2.61. The molecule has 1 heterocycles. The number of nitrogens with zero attached hydrogens (tertiary/aromatic N) is 1. The third-order valence-electron chi connectivity index (χ3n) is 3.26. The summed E-state index contributed by atoms with van der Waals surface area (Å²) in [5, 5.41) is 2.65. The molecule has 1 aliphatic carbocycles. The van der Waals surface area contributed by atoms with Crippen LogP contribution in [0.15, 0.2) is 18.5 Å². The van der Waals surface area contributed by atoms with Crippen molar-refractivity contribution in [3.63, 3.8) is 0 Å². The van der Waals surface area contributed by atoms with Crippen LogP contribution in [0.1, 0.15) is 38.5 Å². The Hall–Kier alpha value is -1.45. The fourth-order valence-electron chi connectivity index (χ4n) is 2.25. The predicted octanol–water partition coefficient (Wildman–Crippen LogP) is 3.13. The molecule has 0 radical (unpaired) electrons. The van der Waals surface area contributed by atoms with Gasteiger partial charge in [-0.1, -0.05) is 25.7 Å². The molecule has 1 aliphatic rings. The molecule has 0 bridgehead atoms. The fraction of sp³-hybridized carbons (Fsp3) is 0.538. The molecule has 4 heteroatoms. The van der Waals surface area contributed by atoms with E-state index >= 15 is 0 Å². The van der Waals surface area contributed by atoms with Gasteiger partial charge in [0.2, 0.25) is 5.91 Å². The normalized spacial score (nSPS) is 17.5. The molecule has 0 saturated heterocycles. The highest BCUT2D eigenvalue weighted by Gasteiger charge is 2.20. The van der Waals surface area contributed by atoms with Gasteiger partial charge >= 0.3 is 0 Å². The molecular formula is C13H17FN2O. The second-order valence-electron chi connectivity index (χ2n) is 4.53. The van der Waals surface area contributed by atoms with Gasteiger partial charge < -0.3 is 5.32 Å². The van der Waals surface area contributed by atoms with Gasteiger partial charge in [0, 0.05) is 12.1 Å². The van der Waals surface area contributed by atoms with Crippen molar-refractivity contribution in [3.05, 3.63) is 24.3 Å². The number of pyridine rings is 1. The van der Waals surface area contributed by atoms with E-state index in [1.165, 1.54) is 25.1 Å². The van der Waals surface area contributed by atoms with E-state index < -0.39 is 5.82 Å². The standard InChI is InChI=1S/C13H17FN2O/c14-11-9-15-8-7-12(11)16-13(17)10-5-3-1-2-4-6-10/h7-10H,1-6H2,(H,15,16,17). The number of hydrogen-bond donors (Lipinski definition) is 1. The Balaban J connectivity index is 1.98. The van der Waals surface area contributed by atoms with Gasteiger partial charge in [-0.15, -0.1) is 0 Å². The maximum absolute atomic E-state index is 13.3. The van der Waals surface area contributed by atoms with Crippen LogP contribution in [-0.4, -0.2) is 10.9 Å². The molecule has 0 spiro atoms. The summed E-state index contributed by atoms with van der Waals surface area (Å²) in [6.07, 6.45) is 9.01. The third kappa shape index (κ3) is 3.25. The van der Waals surface area contributed by atoms with Gasteiger partial charge in [0.1, 0.15) is 0 Å². The first-order valence-corrected chi connectivity index (χ1v) is 6.18. The summed E-state index contributed by atoms with van der Waals surface area (Å²) in [6, 6.07) is 1.49. The van der Waals surface area contributed by atoms with Crippen LogP contribution in [0.5, 0.6) is 0 Å². The molecule has 0 unspecified atom stereocenters. The van der Waals surface area contributed by atoms with Gasteiger partial charge in [0.05, 0.1) is 11.9 Å². The van der Waals surface area contributed by atoms with E-state index in [1.807, 2.05) is 0 Å². The molecule has 92 valence electrons. The van der Waals surface area contributed by atoms with Crippen LogP contribution in [-0.2, 0) is 4.79 Å². The van der Waals surface area contributed by atoms with E-state index in [0.717, 1.165) is 31.9 Å². The lowest BCUT2D eigenvalue weighted by molar-refractivity contribution is -0.120. The van der Waals surface area contributed by atoms with E-state index in [0.29, 0.717) is 0 Å². The van der Waals surface area contributed by atoms with E-state index in [4.69, 9.17) is 0 Å². The van der Waals surface area contributed by atoms with Crippen LogP contribution in [0.3, 0.4) is 0 Å². The first-order chi connectivity index (χ1) is 8.27. The van der Waals surface area contributed by atoms with Crippen molar-refractivity contribution in [2.24, 2.45) is 5.92 Å². The van der Waals surface area contributed by atoms with Crippen molar-refractivity contribution in [2.75, 3.05) is 5.32 Å². The maximum atomic E-state index is 13.3. The minimum Gasteiger partial charge on any atom is -0.323 e. The number of halogens is 1. The van der Waals surface area contributed by atoms with Crippen molar-refractivity contribution in [2.45, 2.75) is 38.5 Å². The molecule has 1 N–H and O–H groups in total. The number of carbonyl (C=O) groups excluding carboxylic acids is 1. The Morgan fingerprint density at radius 1 is 1.29 bits per heavy atom. The van der Waals surface area contributed by atoms with Crippen molar-refractivity contribution in [3.8, 4) is 0 Å². The molecule has 1 saturated carbocycles. The first kappa shape index (κ1) is 12.0.